The first-order valence-electron chi connectivity index (χ1n) is 11.8. The Morgan fingerprint density at radius 3 is 2.52 bits per heavy atom. The number of carbonyl (C=O) groups excluding carboxylic acids is 1. The monoisotopic (exact) mass is 430 g/mol. The molecule has 3 rings (SSSR count). The van der Waals surface area contributed by atoms with E-state index in [0.29, 0.717) is 25.7 Å². The summed E-state index contributed by atoms with van der Waals surface area (Å²) in [5.41, 5.74) is 0. The van der Waals surface area contributed by atoms with Gasteiger partial charge in [0.2, 0.25) is 5.91 Å². The third kappa shape index (κ3) is 8.01. The molecule has 0 spiro atoms. The van der Waals surface area contributed by atoms with Crippen molar-refractivity contribution in [1.82, 2.24) is 20.5 Å². The summed E-state index contributed by atoms with van der Waals surface area (Å²) < 4.78 is 6.01. The lowest BCUT2D eigenvalue weighted by Crippen LogP contribution is -2.49. The van der Waals surface area contributed by atoms with Crippen LogP contribution in [-0.2, 0) is 9.53 Å². The fourth-order valence-corrected chi connectivity index (χ4v) is 4.20. The standard InChI is InChI=1S/C23H38N6O2/c1-24-23(27-14-19-31-20-8-4-2-3-5-9-20)26-13-11-22(30)29-17-15-28(16-18-29)21-10-6-7-12-25-21/h6-7,10,12,20H,2-5,8-9,11,13-19H2,1H3,(H2,24,26,27). The molecule has 1 aromatic heterocycles. The van der Waals surface area contributed by atoms with E-state index in [1.807, 2.05) is 29.3 Å². The van der Waals surface area contributed by atoms with Crippen LogP contribution in [0.3, 0.4) is 0 Å². The first-order valence-corrected chi connectivity index (χ1v) is 11.8. The largest absolute Gasteiger partial charge is 0.376 e. The maximum Gasteiger partial charge on any atom is 0.224 e. The minimum absolute atomic E-state index is 0.181. The Bertz CT molecular complexity index is 668. The average molecular weight is 431 g/mol. The molecule has 0 atom stereocenters. The van der Waals surface area contributed by atoms with E-state index in [1.165, 1.54) is 38.5 Å². The van der Waals surface area contributed by atoms with E-state index < -0.39 is 0 Å². The van der Waals surface area contributed by atoms with E-state index in [0.717, 1.165) is 44.5 Å². The van der Waals surface area contributed by atoms with Gasteiger partial charge >= 0.3 is 0 Å². The normalized spacial score (nSPS) is 18.5. The topological polar surface area (TPSA) is 82.1 Å². The zero-order valence-electron chi connectivity index (χ0n) is 18.9. The van der Waals surface area contributed by atoms with Crippen molar-refractivity contribution < 1.29 is 9.53 Å². The number of hydrogen-bond donors (Lipinski definition) is 2. The molecule has 0 bridgehead atoms. The van der Waals surface area contributed by atoms with Crippen LogP contribution in [0.15, 0.2) is 29.4 Å². The lowest BCUT2D eigenvalue weighted by Gasteiger charge is -2.35. The van der Waals surface area contributed by atoms with E-state index in [9.17, 15) is 4.79 Å². The third-order valence-corrected chi connectivity index (χ3v) is 6.01. The van der Waals surface area contributed by atoms with Crippen molar-refractivity contribution in [2.24, 2.45) is 4.99 Å². The molecule has 1 aromatic rings. The number of rotatable bonds is 8. The van der Waals surface area contributed by atoms with Crippen LogP contribution in [0.5, 0.6) is 0 Å². The number of ether oxygens (including phenoxy) is 1. The van der Waals surface area contributed by atoms with Gasteiger partial charge < -0.3 is 25.2 Å². The number of aliphatic imine (C=N–C) groups is 1. The van der Waals surface area contributed by atoms with E-state index in [4.69, 9.17) is 4.74 Å². The molecule has 2 N–H and O–H groups in total. The summed E-state index contributed by atoms with van der Waals surface area (Å²) in [5, 5.41) is 6.52. The molecular formula is C23H38N6O2. The van der Waals surface area contributed by atoms with Crippen LogP contribution in [0.1, 0.15) is 44.9 Å². The molecule has 8 heteroatoms. The van der Waals surface area contributed by atoms with Gasteiger partial charge in [0, 0.05) is 58.9 Å². The van der Waals surface area contributed by atoms with Crippen molar-refractivity contribution in [3.8, 4) is 0 Å². The van der Waals surface area contributed by atoms with Crippen LogP contribution in [0, 0.1) is 0 Å². The van der Waals surface area contributed by atoms with Gasteiger partial charge in [-0.2, -0.15) is 0 Å². The van der Waals surface area contributed by atoms with Crippen molar-refractivity contribution in [1.29, 1.82) is 0 Å². The molecule has 1 saturated heterocycles. The zero-order chi connectivity index (χ0) is 21.7. The van der Waals surface area contributed by atoms with Crippen LogP contribution in [0.2, 0.25) is 0 Å². The first kappa shape index (κ1) is 23.3. The minimum atomic E-state index is 0.181. The van der Waals surface area contributed by atoms with Crippen LogP contribution < -0.4 is 15.5 Å². The van der Waals surface area contributed by atoms with Gasteiger partial charge in [-0.15, -0.1) is 0 Å². The van der Waals surface area contributed by atoms with Crippen molar-refractivity contribution in [3.63, 3.8) is 0 Å². The number of pyridine rings is 1. The fraction of sp³-hybridized carbons (Fsp3) is 0.696. The van der Waals surface area contributed by atoms with Crippen LogP contribution in [0.4, 0.5) is 5.82 Å². The summed E-state index contributed by atoms with van der Waals surface area (Å²) in [4.78, 5) is 25.4. The number of nitrogens with zero attached hydrogens (tertiary/aromatic N) is 4. The van der Waals surface area contributed by atoms with Crippen molar-refractivity contribution in [2.45, 2.75) is 51.0 Å². The summed E-state index contributed by atoms with van der Waals surface area (Å²) >= 11 is 0. The van der Waals surface area contributed by atoms with Gasteiger partial charge in [-0.3, -0.25) is 9.79 Å². The van der Waals surface area contributed by atoms with Gasteiger partial charge in [0.15, 0.2) is 5.96 Å². The second-order valence-corrected chi connectivity index (χ2v) is 8.22. The lowest BCUT2D eigenvalue weighted by molar-refractivity contribution is -0.131. The molecular weight excluding hydrogens is 392 g/mol. The molecule has 1 aliphatic carbocycles. The number of aromatic nitrogens is 1. The molecule has 31 heavy (non-hydrogen) atoms. The molecule has 1 aliphatic heterocycles. The Morgan fingerprint density at radius 2 is 1.84 bits per heavy atom. The lowest BCUT2D eigenvalue weighted by atomic mass is 10.1. The van der Waals surface area contributed by atoms with Gasteiger partial charge in [0.05, 0.1) is 12.7 Å². The number of guanidine groups is 1. The molecule has 172 valence electrons. The summed E-state index contributed by atoms with van der Waals surface area (Å²) in [6.07, 6.45) is 10.3. The second kappa shape index (κ2) is 13.1. The highest BCUT2D eigenvalue weighted by Crippen LogP contribution is 2.19. The smallest absolute Gasteiger partial charge is 0.224 e. The SMILES string of the molecule is CN=C(NCCOC1CCCCCC1)NCCC(=O)N1CCN(c2ccccn2)CC1. The predicted octanol–water partition coefficient (Wildman–Crippen LogP) is 2.02. The predicted molar refractivity (Wildman–Crippen MR) is 124 cm³/mol. The zero-order valence-corrected chi connectivity index (χ0v) is 18.9. The molecule has 8 nitrogen and oxygen atoms in total. The highest BCUT2D eigenvalue weighted by Gasteiger charge is 2.21. The van der Waals surface area contributed by atoms with E-state index in [1.54, 1.807) is 7.05 Å². The van der Waals surface area contributed by atoms with Crippen LogP contribution in [-0.4, -0.2) is 80.8 Å². The molecule has 0 radical (unpaired) electrons. The molecule has 0 aromatic carbocycles. The van der Waals surface area contributed by atoms with Crippen molar-refractivity contribution in [3.05, 3.63) is 24.4 Å². The van der Waals surface area contributed by atoms with Crippen molar-refractivity contribution in [2.75, 3.05) is 57.8 Å². The Balaban J connectivity index is 1.27. The summed E-state index contributed by atoms with van der Waals surface area (Å²) in [7, 11) is 1.75. The Morgan fingerprint density at radius 1 is 1.10 bits per heavy atom. The maximum atomic E-state index is 12.5. The minimum Gasteiger partial charge on any atom is -0.376 e. The van der Waals surface area contributed by atoms with Crippen molar-refractivity contribution >= 4 is 17.7 Å². The number of carbonyl (C=O) groups is 1. The van der Waals surface area contributed by atoms with Gasteiger partial charge in [-0.1, -0.05) is 31.7 Å². The van der Waals surface area contributed by atoms with Gasteiger partial charge in [0.25, 0.3) is 0 Å². The maximum absolute atomic E-state index is 12.5. The summed E-state index contributed by atoms with van der Waals surface area (Å²) in [6, 6.07) is 5.93. The van der Waals surface area contributed by atoms with Crippen LogP contribution in [0.25, 0.3) is 0 Å². The van der Waals surface area contributed by atoms with E-state index >= 15 is 0 Å². The van der Waals surface area contributed by atoms with E-state index in [-0.39, 0.29) is 5.91 Å². The summed E-state index contributed by atoms with van der Waals surface area (Å²) in [5.74, 6) is 1.88. The molecule has 2 aliphatic rings. The van der Waals surface area contributed by atoms with E-state index in [2.05, 4.69) is 25.5 Å². The molecule has 2 heterocycles. The third-order valence-electron chi connectivity index (χ3n) is 6.01. The molecule has 2 fully saturated rings. The Labute approximate surface area is 186 Å². The summed E-state index contributed by atoms with van der Waals surface area (Å²) in [6.45, 7) is 5.09. The molecule has 1 amide bonds. The quantitative estimate of drug-likeness (QED) is 0.284. The van der Waals surface area contributed by atoms with Gasteiger partial charge in [0.1, 0.15) is 5.82 Å². The molecule has 1 saturated carbocycles. The van der Waals surface area contributed by atoms with Crippen LogP contribution >= 0.6 is 0 Å². The number of piperazine rings is 1. The fourth-order valence-electron chi connectivity index (χ4n) is 4.20. The number of amides is 1. The number of anilines is 1. The Hall–Kier alpha value is -2.35. The second-order valence-electron chi connectivity index (χ2n) is 8.22. The Kier molecular flexibility index (Phi) is 9.89. The van der Waals surface area contributed by atoms with Gasteiger partial charge in [-0.25, -0.2) is 4.98 Å². The highest BCUT2D eigenvalue weighted by atomic mass is 16.5. The number of hydrogen-bond acceptors (Lipinski definition) is 5. The number of nitrogens with one attached hydrogen (secondary N) is 2. The highest BCUT2D eigenvalue weighted by molar-refractivity contribution is 5.81. The average Bonchev–Trinajstić information content (AvgIpc) is 3.10. The molecule has 0 unspecified atom stereocenters. The first-order chi connectivity index (χ1) is 15.3. The van der Waals surface area contributed by atoms with Gasteiger partial charge in [-0.05, 0) is 25.0 Å².